The highest BCUT2D eigenvalue weighted by molar-refractivity contribution is 6.31. The van der Waals surface area contributed by atoms with Crippen molar-refractivity contribution >= 4 is 40.8 Å². The Bertz CT molecular complexity index is 1640. The Morgan fingerprint density at radius 1 is 1.05 bits per heavy atom. The quantitative estimate of drug-likeness (QED) is 0.219. The van der Waals surface area contributed by atoms with Gasteiger partial charge in [-0.1, -0.05) is 62.2 Å². The van der Waals surface area contributed by atoms with E-state index in [2.05, 4.69) is 21.4 Å². The molecule has 1 aliphatic rings. The van der Waals surface area contributed by atoms with Crippen molar-refractivity contribution in [2.75, 3.05) is 12.4 Å². The van der Waals surface area contributed by atoms with E-state index in [1.165, 1.54) is 30.3 Å². The summed E-state index contributed by atoms with van der Waals surface area (Å²) < 4.78 is 65.5. The fourth-order valence-corrected chi connectivity index (χ4v) is 6.02. The van der Waals surface area contributed by atoms with Gasteiger partial charge in [0.05, 0.1) is 35.5 Å². The summed E-state index contributed by atoms with van der Waals surface area (Å²) in [5, 5.41) is 16.0. The van der Waals surface area contributed by atoms with Crippen molar-refractivity contribution in [2.24, 2.45) is 5.41 Å². The third-order valence-electron chi connectivity index (χ3n) is 7.45. The van der Waals surface area contributed by atoms with Crippen molar-refractivity contribution in [3.63, 3.8) is 0 Å². The van der Waals surface area contributed by atoms with Crippen LogP contribution in [0.3, 0.4) is 0 Å². The zero-order valence-corrected chi connectivity index (χ0v) is 25.0. The number of benzene rings is 3. The molecule has 1 saturated heterocycles. The van der Waals surface area contributed by atoms with E-state index in [1.807, 2.05) is 20.8 Å². The lowest BCUT2D eigenvalue weighted by atomic mass is 9.62. The summed E-state index contributed by atoms with van der Waals surface area (Å²) in [6.45, 7) is 5.62. The number of nitriles is 1. The van der Waals surface area contributed by atoms with Gasteiger partial charge in [-0.3, -0.25) is 4.79 Å². The average molecular weight is 636 g/mol. The molecule has 0 radical (unpaired) electrons. The molecule has 2 N–H and O–H groups in total. The Labute approximate surface area is 255 Å². The number of ether oxygens (including phenoxy) is 1. The molecule has 4 atom stereocenters. The van der Waals surface area contributed by atoms with Crippen LogP contribution in [0.4, 0.5) is 23.2 Å². The van der Waals surface area contributed by atoms with E-state index in [0.717, 1.165) is 13.2 Å². The lowest BCUT2D eigenvalue weighted by Crippen LogP contribution is -2.45. The number of methoxy groups -OCH3 is 1. The van der Waals surface area contributed by atoms with E-state index in [0.29, 0.717) is 12.1 Å². The molecule has 0 aromatic heterocycles. The van der Waals surface area contributed by atoms with Crippen molar-refractivity contribution in [3.8, 4) is 6.07 Å². The number of hydrogen-bond acceptors (Lipinski definition) is 5. The summed E-state index contributed by atoms with van der Waals surface area (Å²) in [6.07, 6.45) is 0.210. The van der Waals surface area contributed by atoms with Crippen LogP contribution in [0.25, 0.3) is 0 Å². The summed E-state index contributed by atoms with van der Waals surface area (Å²) >= 11 is 12.1. The minimum Gasteiger partial charge on any atom is -0.465 e. The molecule has 12 heteroatoms. The molecular weight excluding hydrogens is 609 g/mol. The van der Waals surface area contributed by atoms with Gasteiger partial charge in [0, 0.05) is 28.6 Å². The highest BCUT2D eigenvalue weighted by Crippen LogP contribution is 2.53. The highest BCUT2D eigenvalue weighted by atomic mass is 35.5. The Morgan fingerprint density at radius 2 is 1.74 bits per heavy atom. The van der Waals surface area contributed by atoms with E-state index >= 15 is 8.78 Å². The predicted molar refractivity (Wildman–Crippen MR) is 154 cm³/mol. The molecule has 3 aromatic carbocycles. The van der Waals surface area contributed by atoms with Gasteiger partial charge in [-0.25, -0.2) is 22.4 Å². The first kappa shape index (κ1) is 32.3. The van der Waals surface area contributed by atoms with Gasteiger partial charge in [0.25, 0.3) is 0 Å². The summed E-state index contributed by atoms with van der Waals surface area (Å²) in [6, 6.07) is 8.70. The molecule has 0 aliphatic carbocycles. The van der Waals surface area contributed by atoms with Crippen molar-refractivity contribution in [3.05, 3.63) is 98.5 Å². The number of amides is 1. The fourth-order valence-electron chi connectivity index (χ4n) is 5.68. The molecule has 0 bridgehead atoms. The van der Waals surface area contributed by atoms with Crippen LogP contribution in [0.1, 0.15) is 54.6 Å². The zero-order valence-electron chi connectivity index (χ0n) is 23.5. The first-order valence-corrected chi connectivity index (χ1v) is 13.8. The third-order valence-corrected chi connectivity index (χ3v) is 7.98. The van der Waals surface area contributed by atoms with Crippen molar-refractivity contribution < 1.29 is 31.9 Å². The predicted octanol–water partition coefficient (Wildman–Crippen LogP) is 7.30. The number of rotatable bonds is 6. The second-order valence-corrected chi connectivity index (χ2v) is 12.3. The number of nitrogens with zero attached hydrogens (tertiary/aromatic N) is 1. The molecule has 1 heterocycles. The molecule has 1 amide bonds. The van der Waals surface area contributed by atoms with Crippen LogP contribution in [-0.2, 0) is 14.9 Å². The Hall–Kier alpha value is -3.65. The maximum Gasteiger partial charge on any atom is 0.340 e. The number of halogens is 6. The van der Waals surface area contributed by atoms with Gasteiger partial charge in [0.2, 0.25) is 5.91 Å². The van der Waals surface area contributed by atoms with Gasteiger partial charge in [0.1, 0.15) is 28.7 Å². The molecule has 0 saturated carbocycles. The van der Waals surface area contributed by atoms with Gasteiger partial charge in [-0.15, -0.1) is 0 Å². The van der Waals surface area contributed by atoms with E-state index in [4.69, 9.17) is 23.2 Å². The third kappa shape index (κ3) is 6.07. The van der Waals surface area contributed by atoms with Gasteiger partial charge in [-0.2, -0.15) is 5.26 Å². The van der Waals surface area contributed by atoms with E-state index in [-0.39, 0.29) is 27.6 Å². The van der Waals surface area contributed by atoms with Crippen LogP contribution in [0, 0.1) is 40.0 Å². The van der Waals surface area contributed by atoms with Crippen LogP contribution in [0.15, 0.2) is 48.5 Å². The van der Waals surface area contributed by atoms with Gasteiger partial charge in [0.15, 0.2) is 0 Å². The van der Waals surface area contributed by atoms with Crippen LogP contribution in [-0.4, -0.2) is 31.1 Å². The molecule has 6 nitrogen and oxygen atoms in total. The summed E-state index contributed by atoms with van der Waals surface area (Å²) in [4.78, 5) is 25.7. The maximum atomic E-state index is 15.7. The van der Waals surface area contributed by atoms with Crippen LogP contribution in [0.2, 0.25) is 10.0 Å². The minimum absolute atomic E-state index is 0.0559. The normalized spacial score (nSPS) is 21.7. The first-order chi connectivity index (χ1) is 20.1. The molecular formula is C31H27Cl2F4N3O3. The Kier molecular flexibility index (Phi) is 9.12. The molecule has 4 rings (SSSR count). The van der Waals surface area contributed by atoms with E-state index in [1.54, 1.807) is 0 Å². The number of nitrogens with one attached hydrogen (secondary N) is 2. The Morgan fingerprint density at radius 3 is 2.35 bits per heavy atom. The zero-order chi connectivity index (χ0) is 31.9. The molecule has 3 aromatic rings. The van der Waals surface area contributed by atoms with E-state index < -0.39 is 75.2 Å². The first-order valence-electron chi connectivity index (χ1n) is 13.1. The lowest BCUT2D eigenvalue weighted by molar-refractivity contribution is -0.118. The Balaban J connectivity index is 1.93. The number of carbonyl (C=O) groups excluding carboxylic acids is 2. The second kappa shape index (κ2) is 12.2. The molecule has 0 spiro atoms. The maximum absolute atomic E-state index is 15.7. The van der Waals surface area contributed by atoms with Crippen molar-refractivity contribution in [2.45, 2.75) is 50.6 Å². The van der Waals surface area contributed by atoms with E-state index in [9.17, 15) is 23.6 Å². The molecule has 1 fully saturated rings. The van der Waals surface area contributed by atoms with Gasteiger partial charge < -0.3 is 15.4 Å². The lowest BCUT2D eigenvalue weighted by Gasteiger charge is -2.37. The van der Waals surface area contributed by atoms with Crippen LogP contribution < -0.4 is 10.6 Å². The summed E-state index contributed by atoms with van der Waals surface area (Å²) in [5.74, 6) is -7.62. The number of anilines is 1. The average Bonchev–Trinajstić information content (AvgIpc) is 3.24. The van der Waals surface area contributed by atoms with Crippen LogP contribution >= 0.6 is 23.2 Å². The topological polar surface area (TPSA) is 91.2 Å². The molecule has 0 unspecified atom stereocenters. The fraction of sp³-hybridized carbons (Fsp3) is 0.323. The minimum atomic E-state index is -1.91. The monoisotopic (exact) mass is 635 g/mol. The number of esters is 1. The van der Waals surface area contributed by atoms with Crippen molar-refractivity contribution in [1.29, 1.82) is 5.26 Å². The summed E-state index contributed by atoms with van der Waals surface area (Å²) in [7, 11) is 0.995. The molecule has 1 aliphatic heterocycles. The standard InChI is InChI=1S/C31H27Cl2F4N3O3/c1-30(2,3)13-24-31(14-38,18-9-8-15(32)10-21(18)35)25(16-6-5-7-19(33)26(16)37)27(40-24)28(41)39-23-12-20(34)17(11-22(23)36)29(42)43-4/h5-12,24-25,27,40H,13H2,1-4H3,(H,39,41)/t24-,25-,27+,31-/m0/s1. The van der Waals surface area contributed by atoms with Crippen molar-refractivity contribution in [1.82, 2.24) is 5.32 Å². The van der Waals surface area contributed by atoms with Crippen LogP contribution in [0.5, 0.6) is 0 Å². The number of hydrogen-bond donors (Lipinski definition) is 2. The second-order valence-electron chi connectivity index (χ2n) is 11.5. The highest BCUT2D eigenvalue weighted by Gasteiger charge is 2.61. The van der Waals surface area contributed by atoms with Gasteiger partial charge in [-0.05, 0) is 41.7 Å². The smallest absolute Gasteiger partial charge is 0.340 e. The summed E-state index contributed by atoms with van der Waals surface area (Å²) in [5.41, 5.74) is -4.01. The SMILES string of the molecule is COC(=O)c1cc(F)c(NC(=O)[C@@H]2N[C@@H](CC(C)(C)C)[C@](C#N)(c3ccc(Cl)cc3F)[C@H]2c2cccc(Cl)c2F)cc1F. The number of carbonyl (C=O) groups is 2. The van der Waals surface area contributed by atoms with Gasteiger partial charge >= 0.3 is 5.97 Å². The molecule has 226 valence electrons. The molecule has 43 heavy (non-hydrogen) atoms. The largest absolute Gasteiger partial charge is 0.465 e.